The monoisotopic (exact) mass is 173 g/mol. The van der Waals surface area contributed by atoms with Gasteiger partial charge in [0.05, 0.1) is 5.56 Å². The number of cyclic esters (lactones) is 1. The standard InChI is InChI=1S/C10H7NO2/c1-6-2-3-7-8(4-6)10(12)13-9(7)5-11/h2-4,9H,1H3. The third-order valence-corrected chi connectivity index (χ3v) is 2.05. The normalized spacial score (nSPS) is 19.1. The Hall–Kier alpha value is -1.82. The van der Waals surface area contributed by atoms with E-state index in [-0.39, 0.29) is 0 Å². The second-order valence-corrected chi connectivity index (χ2v) is 3.01. The highest BCUT2D eigenvalue weighted by Crippen LogP contribution is 2.30. The number of ether oxygens (including phenoxy) is 1. The lowest BCUT2D eigenvalue weighted by Crippen LogP contribution is -1.95. The summed E-state index contributed by atoms with van der Waals surface area (Å²) in [5, 5.41) is 8.67. The van der Waals surface area contributed by atoms with Crippen molar-refractivity contribution >= 4 is 5.97 Å². The Balaban J connectivity index is 2.60. The maximum absolute atomic E-state index is 11.2. The molecule has 0 aromatic heterocycles. The molecule has 0 fully saturated rings. The van der Waals surface area contributed by atoms with Gasteiger partial charge in [0, 0.05) is 5.56 Å². The molecule has 1 unspecified atom stereocenters. The molecule has 0 N–H and O–H groups in total. The molecule has 2 rings (SSSR count). The summed E-state index contributed by atoms with van der Waals surface area (Å²) >= 11 is 0. The molecule has 3 nitrogen and oxygen atoms in total. The average Bonchev–Trinajstić information content (AvgIpc) is 2.43. The zero-order valence-corrected chi connectivity index (χ0v) is 7.07. The van der Waals surface area contributed by atoms with Crippen LogP contribution in [-0.4, -0.2) is 5.97 Å². The maximum Gasteiger partial charge on any atom is 0.340 e. The van der Waals surface area contributed by atoms with Gasteiger partial charge in [-0.1, -0.05) is 17.7 Å². The number of nitrogens with zero attached hydrogens (tertiary/aromatic N) is 1. The van der Waals surface area contributed by atoms with E-state index in [9.17, 15) is 4.79 Å². The van der Waals surface area contributed by atoms with Crippen LogP contribution in [0.4, 0.5) is 0 Å². The molecule has 1 aliphatic heterocycles. The number of rotatable bonds is 0. The minimum absolute atomic E-state index is 0.398. The van der Waals surface area contributed by atoms with Crippen molar-refractivity contribution < 1.29 is 9.53 Å². The highest BCUT2D eigenvalue weighted by molar-refractivity contribution is 5.94. The largest absolute Gasteiger partial charge is 0.438 e. The smallest absolute Gasteiger partial charge is 0.340 e. The maximum atomic E-state index is 11.2. The number of carbonyl (C=O) groups excluding carboxylic acids is 1. The fraction of sp³-hybridized carbons (Fsp3) is 0.200. The van der Waals surface area contributed by atoms with E-state index >= 15 is 0 Å². The van der Waals surface area contributed by atoms with Gasteiger partial charge in [-0.05, 0) is 13.0 Å². The molecule has 0 saturated carbocycles. The van der Waals surface area contributed by atoms with E-state index in [0.717, 1.165) is 5.56 Å². The second-order valence-electron chi connectivity index (χ2n) is 3.01. The molecular weight excluding hydrogens is 166 g/mol. The first-order valence-electron chi connectivity index (χ1n) is 3.93. The summed E-state index contributed by atoms with van der Waals surface area (Å²) in [5.74, 6) is -0.398. The van der Waals surface area contributed by atoms with Crippen LogP contribution in [0.15, 0.2) is 18.2 Å². The molecule has 1 heterocycles. The summed E-state index contributed by atoms with van der Waals surface area (Å²) < 4.78 is 4.84. The molecule has 0 radical (unpaired) electrons. The zero-order chi connectivity index (χ0) is 9.42. The zero-order valence-electron chi connectivity index (χ0n) is 7.07. The number of benzene rings is 1. The first kappa shape index (κ1) is 7.81. The van der Waals surface area contributed by atoms with Crippen LogP contribution in [0.25, 0.3) is 0 Å². The van der Waals surface area contributed by atoms with E-state index < -0.39 is 12.1 Å². The van der Waals surface area contributed by atoms with Gasteiger partial charge >= 0.3 is 5.97 Å². The summed E-state index contributed by atoms with van der Waals surface area (Å²) in [7, 11) is 0. The predicted molar refractivity (Wildman–Crippen MR) is 44.9 cm³/mol. The topological polar surface area (TPSA) is 50.1 Å². The summed E-state index contributed by atoms with van der Waals surface area (Å²) in [6.45, 7) is 1.90. The molecule has 0 amide bonds. The van der Waals surface area contributed by atoms with E-state index in [1.54, 1.807) is 12.1 Å². The van der Waals surface area contributed by atoms with Gasteiger partial charge in [-0.15, -0.1) is 0 Å². The molecule has 1 atom stereocenters. The van der Waals surface area contributed by atoms with E-state index in [1.807, 2.05) is 19.1 Å². The van der Waals surface area contributed by atoms with Gasteiger partial charge in [-0.2, -0.15) is 5.26 Å². The van der Waals surface area contributed by atoms with Gasteiger partial charge in [0.2, 0.25) is 6.10 Å². The molecule has 64 valence electrons. The Bertz CT molecular complexity index is 417. The highest BCUT2D eigenvalue weighted by atomic mass is 16.5. The van der Waals surface area contributed by atoms with Crippen molar-refractivity contribution in [2.24, 2.45) is 0 Å². The van der Waals surface area contributed by atoms with Gasteiger partial charge in [0.1, 0.15) is 6.07 Å². The van der Waals surface area contributed by atoms with Crippen molar-refractivity contribution in [3.63, 3.8) is 0 Å². The molecule has 3 heteroatoms. The van der Waals surface area contributed by atoms with Gasteiger partial charge in [-0.3, -0.25) is 0 Å². The molecule has 0 bridgehead atoms. The Kier molecular flexibility index (Phi) is 1.56. The van der Waals surface area contributed by atoms with E-state index in [0.29, 0.717) is 11.1 Å². The van der Waals surface area contributed by atoms with Crippen molar-refractivity contribution in [3.8, 4) is 6.07 Å². The molecule has 13 heavy (non-hydrogen) atoms. The first-order valence-corrected chi connectivity index (χ1v) is 3.93. The SMILES string of the molecule is Cc1ccc2c(c1)C(=O)OC2C#N. The lowest BCUT2D eigenvalue weighted by Gasteiger charge is -1.98. The third-order valence-electron chi connectivity index (χ3n) is 2.05. The van der Waals surface area contributed by atoms with Crippen LogP contribution in [0.5, 0.6) is 0 Å². The van der Waals surface area contributed by atoms with Gasteiger partial charge in [0.15, 0.2) is 0 Å². The van der Waals surface area contributed by atoms with Gasteiger partial charge in [-0.25, -0.2) is 4.79 Å². The lowest BCUT2D eigenvalue weighted by atomic mass is 10.0. The fourth-order valence-corrected chi connectivity index (χ4v) is 1.41. The van der Waals surface area contributed by atoms with Crippen LogP contribution in [0, 0.1) is 18.3 Å². The van der Waals surface area contributed by atoms with Crippen LogP contribution in [-0.2, 0) is 4.74 Å². The van der Waals surface area contributed by atoms with Crippen molar-refractivity contribution in [3.05, 3.63) is 34.9 Å². The minimum atomic E-state index is -0.719. The number of aryl methyl sites for hydroxylation is 1. The Morgan fingerprint density at radius 3 is 3.00 bits per heavy atom. The molecule has 0 spiro atoms. The number of hydrogen-bond donors (Lipinski definition) is 0. The number of fused-ring (bicyclic) bond motifs is 1. The average molecular weight is 173 g/mol. The molecular formula is C10H7NO2. The van der Waals surface area contributed by atoms with E-state index in [1.165, 1.54) is 0 Å². The Morgan fingerprint density at radius 1 is 1.54 bits per heavy atom. The van der Waals surface area contributed by atoms with Crippen LogP contribution in [0.2, 0.25) is 0 Å². The third kappa shape index (κ3) is 1.07. The highest BCUT2D eigenvalue weighted by Gasteiger charge is 2.30. The van der Waals surface area contributed by atoms with Crippen molar-refractivity contribution in [1.29, 1.82) is 5.26 Å². The van der Waals surface area contributed by atoms with Crippen molar-refractivity contribution in [2.45, 2.75) is 13.0 Å². The van der Waals surface area contributed by atoms with Crippen LogP contribution in [0.1, 0.15) is 27.6 Å². The molecule has 1 aromatic rings. The lowest BCUT2D eigenvalue weighted by molar-refractivity contribution is 0.0478. The quantitative estimate of drug-likeness (QED) is 0.561. The number of nitriles is 1. The predicted octanol–water partition coefficient (Wildman–Crippen LogP) is 1.73. The summed E-state index contributed by atoms with van der Waals surface area (Å²) in [5.41, 5.74) is 2.19. The molecule has 0 saturated heterocycles. The van der Waals surface area contributed by atoms with Gasteiger partial charge in [0.25, 0.3) is 0 Å². The summed E-state index contributed by atoms with van der Waals surface area (Å²) in [6, 6.07) is 7.31. The van der Waals surface area contributed by atoms with Crippen LogP contribution >= 0.6 is 0 Å². The minimum Gasteiger partial charge on any atom is -0.438 e. The van der Waals surface area contributed by atoms with E-state index in [2.05, 4.69) is 0 Å². The number of carbonyl (C=O) groups is 1. The Labute approximate surface area is 75.6 Å². The van der Waals surface area contributed by atoms with Crippen LogP contribution in [0.3, 0.4) is 0 Å². The second kappa shape index (κ2) is 2.60. The number of esters is 1. The molecule has 0 aliphatic carbocycles. The first-order chi connectivity index (χ1) is 6.22. The van der Waals surface area contributed by atoms with Crippen LogP contribution < -0.4 is 0 Å². The van der Waals surface area contributed by atoms with E-state index in [4.69, 9.17) is 10.00 Å². The fourth-order valence-electron chi connectivity index (χ4n) is 1.41. The molecule has 1 aromatic carbocycles. The van der Waals surface area contributed by atoms with Crippen molar-refractivity contribution in [1.82, 2.24) is 0 Å². The Morgan fingerprint density at radius 2 is 2.31 bits per heavy atom. The summed E-state index contributed by atoms with van der Waals surface area (Å²) in [4.78, 5) is 11.2. The molecule has 1 aliphatic rings. The number of hydrogen-bond acceptors (Lipinski definition) is 3. The van der Waals surface area contributed by atoms with Crippen molar-refractivity contribution in [2.75, 3.05) is 0 Å². The summed E-state index contributed by atoms with van der Waals surface area (Å²) in [6.07, 6.45) is -0.719. The van der Waals surface area contributed by atoms with Gasteiger partial charge < -0.3 is 4.74 Å².